The molecule has 1 heterocycles. The summed E-state index contributed by atoms with van der Waals surface area (Å²) in [4.78, 5) is 4.38. The van der Waals surface area contributed by atoms with Crippen LogP contribution in [0.25, 0.3) is 0 Å². The molecule has 3 rings (SSSR count). The molecule has 4 heteroatoms. The van der Waals surface area contributed by atoms with Crippen LogP contribution in [0.5, 0.6) is 5.75 Å². The lowest BCUT2D eigenvalue weighted by Gasteiger charge is -2.08. The maximum Gasteiger partial charge on any atom is 0.131 e. The second kappa shape index (κ2) is 4.71. The Bertz CT molecular complexity index is 565. The molecule has 0 unspecified atom stereocenters. The summed E-state index contributed by atoms with van der Waals surface area (Å²) in [5, 5.41) is 3.12. The number of hydrogen-bond acceptors (Lipinski definition) is 4. The summed E-state index contributed by atoms with van der Waals surface area (Å²) in [7, 11) is 0. The highest BCUT2D eigenvalue weighted by atomic mass is 32.1. The van der Waals surface area contributed by atoms with Gasteiger partial charge in [0.1, 0.15) is 12.4 Å². The van der Waals surface area contributed by atoms with Crippen molar-refractivity contribution < 1.29 is 4.74 Å². The van der Waals surface area contributed by atoms with Crippen LogP contribution in [0.4, 0.5) is 0 Å². The lowest BCUT2D eigenvalue weighted by atomic mass is 10.1. The first-order chi connectivity index (χ1) is 8.72. The van der Waals surface area contributed by atoms with Crippen molar-refractivity contribution in [2.75, 3.05) is 0 Å². The van der Waals surface area contributed by atoms with E-state index in [2.05, 4.69) is 17.1 Å². The Labute approximate surface area is 111 Å². The van der Waals surface area contributed by atoms with E-state index in [-0.39, 0.29) is 6.04 Å². The zero-order valence-electron chi connectivity index (χ0n) is 10.3. The predicted molar refractivity (Wildman–Crippen MR) is 72.9 cm³/mol. The molecular formula is C14H16N2OS. The van der Waals surface area contributed by atoms with E-state index in [1.54, 1.807) is 11.3 Å². The number of nitrogens with two attached hydrogens (primary N) is 1. The molecule has 2 N–H and O–H groups in total. The number of aromatic nitrogens is 1. The third kappa shape index (κ3) is 2.26. The monoisotopic (exact) mass is 260 g/mol. The molecule has 1 atom stereocenters. The van der Waals surface area contributed by atoms with Crippen molar-refractivity contribution in [2.45, 2.75) is 32.4 Å². The van der Waals surface area contributed by atoms with Gasteiger partial charge in [0.25, 0.3) is 0 Å². The van der Waals surface area contributed by atoms with Gasteiger partial charge in [0, 0.05) is 11.4 Å². The third-order valence-corrected chi connectivity index (χ3v) is 4.11. The van der Waals surface area contributed by atoms with E-state index in [0.717, 1.165) is 29.3 Å². The molecule has 3 nitrogen and oxygen atoms in total. The van der Waals surface area contributed by atoms with Gasteiger partial charge in [0.05, 0.1) is 10.7 Å². The van der Waals surface area contributed by atoms with Gasteiger partial charge in [-0.1, -0.05) is 6.07 Å². The minimum absolute atomic E-state index is 0.204. The standard InChI is InChI=1S/C14H16N2OS/c1-9-16-11(8-18-9)7-17-12-3-4-13-10(6-12)2-5-14(13)15/h3-4,6,8,14H,2,5,7,15H2,1H3/t14-/m0/s1. The minimum Gasteiger partial charge on any atom is -0.487 e. The fourth-order valence-corrected chi connectivity index (χ4v) is 2.95. The Kier molecular flexibility index (Phi) is 3.06. The number of ether oxygens (including phenoxy) is 1. The van der Waals surface area contributed by atoms with E-state index in [0.29, 0.717) is 6.61 Å². The van der Waals surface area contributed by atoms with Crippen molar-refractivity contribution in [2.24, 2.45) is 5.73 Å². The van der Waals surface area contributed by atoms with Crippen molar-refractivity contribution in [3.63, 3.8) is 0 Å². The summed E-state index contributed by atoms with van der Waals surface area (Å²) in [5.41, 5.74) is 9.61. The Hall–Kier alpha value is -1.39. The molecule has 2 aromatic rings. The molecule has 1 aliphatic carbocycles. The molecule has 1 aromatic carbocycles. The van der Waals surface area contributed by atoms with Crippen LogP contribution in [0.15, 0.2) is 23.6 Å². The van der Waals surface area contributed by atoms with Gasteiger partial charge >= 0.3 is 0 Å². The van der Waals surface area contributed by atoms with E-state index in [1.807, 2.05) is 18.4 Å². The van der Waals surface area contributed by atoms with Crippen LogP contribution >= 0.6 is 11.3 Å². The Morgan fingerprint density at radius 1 is 1.50 bits per heavy atom. The second-order valence-electron chi connectivity index (χ2n) is 4.65. The van der Waals surface area contributed by atoms with Crippen LogP contribution in [0.3, 0.4) is 0 Å². The van der Waals surface area contributed by atoms with Gasteiger partial charge in [-0.25, -0.2) is 4.98 Å². The van der Waals surface area contributed by atoms with Crippen molar-refractivity contribution >= 4 is 11.3 Å². The molecule has 0 saturated carbocycles. The number of thiazole rings is 1. The molecular weight excluding hydrogens is 244 g/mol. The lowest BCUT2D eigenvalue weighted by molar-refractivity contribution is 0.301. The largest absolute Gasteiger partial charge is 0.487 e. The minimum atomic E-state index is 0.204. The number of hydrogen-bond donors (Lipinski definition) is 1. The molecule has 0 amide bonds. The first-order valence-electron chi connectivity index (χ1n) is 6.14. The van der Waals surface area contributed by atoms with E-state index < -0.39 is 0 Å². The summed E-state index contributed by atoms with van der Waals surface area (Å²) in [6.45, 7) is 2.54. The van der Waals surface area contributed by atoms with Crippen LogP contribution in [0.2, 0.25) is 0 Å². The first-order valence-corrected chi connectivity index (χ1v) is 7.02. The topological polar surface area (TPSA) is 48.1 Å². The van der Waals surface area contributed by atoms with Crippen LogP contribution in [0, 0.1) is 6.92 Å². The van der Waals surface area contributed by atoms with E-state index in [9.17, 15) is 0 Å². The zero-order valence-corrected chi connectivity index (χ0v) is 11.2. The van der Waals surface area contributed by atoms with Crippen LogP contribution in [0.1, 0.15) is 34.3 Å². The zero-order chi connectivity index (χ0) is 12.5. The number of benzene rings is 1. The Morgan fingerprint density at radius 2 is 2.39 bits per heavy atom. The summed E-state index contributed by atoms with van der Waals surface area (Å²) in [6.07, 6.45) is 2.10. The molecule has 0 bridgehead atoms. The van der Waals surface area contributed by atoms with Crippen molar-refractivity contribution in [1.29, 1.82) is 0 Å². The normalized spacial score (nSPS) is 17.8. The summed E-state index contributed by atoms with van der Waals surface area (Å²) in [5.74, 6) is 0.911. The summed E-state index contributed by atoms with van der Waals surface area (Å²) >= 11 is 1.65. The first kappa shape index (κ1) is 11.7. The van der Waals surface area contributed by atoms with Gasteiger partial charge in [0.2, 0.25) is 0 Å². The summed E-state index contributed by atoms with van der Waals surface area (Å²) < 4.78 is 5.77. The van der Waals surface area contributed by atoms with Gasteiger partial charge in [-0.2, -0.15) is 0 Å². The number of rotatable bonds is 3. The molecule has 1 aliphatic rings. The highest BCUT2D eigenvalue weighted by Crippen LogP contribution is 2.32. The smallest absolute Gasteiger partial charge is 0.131 e. The van der Waals surface area contributed by atoms with Crippen LogP contribution < -0.4 is 10.5 Å². The van der Waals surface area contributed by atoms with Crippen molar-refractivity contribution in [3.05, 3.63) is 45.4 Å². The van der Waals surface area contributed by atoms with Gasteiger partial charge in [-0.05, 0) is 43.0 Å². The van der Waals surface area contributed by atoms with Gasteiger partial charge in [-0.3, -0.25) is 0 Å². The maximum absolute atomic E-state index is 6.01. The average Bonchev–Trinajstić information content (AvgIpc) is 2.94. The van der Waals surface area contributed by atoms with Crippen LogP contribution in [-0.4, -0.2) is 4.98 Å². The number of nitrogens with zero attached hydrogens (tertiary/aromatic N) is 1. The van der Waals surface area contributed by atoms with Gasteiger partial charge < -0.3 is 10.5 Å². The van der Waals surface area contributed by atoms with Gasteiger partial charge in [-0.15, -0.1) is 11.3 Å². The highest BCUT2D eigenvalue weighted by Gasteiger charge is 2.19. The predicted octanol–water partition coefficient (Wildman–Crippen LogP) is 2.98. The maximum atomic E-state index is 6.01. The molecule has 1 aromatic heterocycles. The average molecular weight is 260 g/mol. The number of fused-ring (bicyclic) bond motifs is 1. The number of aryl methyl sites for hydroxylation is 2. The fraction of sp³-hybridized carbons (Fsp3) is 0.357. The van der Waals surface area contributed by atoms with Crippen LogP contribution in [-0.2, 0) is 13.0 Å². The third-order valence-electron chi connectivity index (χ3n) is 3.29. The quantitative estimate of drug-likeness (QED) is 0.923. The van der Waals surface area contributed by atoms with Crippen molar-refractivity contribution in [1.82, 2.24) is 4.98 Å². The molecule has 94 valence electrons. The summed E-state index contributed by atoms with van der Waals surface area (Å²) in [6, 6.07) is 6.41. The molecule has 0 saturated heterocycles. The molecule has 0 aliphatic heterocycles. The van der Waals surface area contributed by atoms with Gasteiger partial charge in [0.15, 0.2) is 0 Å². The van der Waals surface area contributed by atoms with E-state index in [4.69, 9.17) is 10.5 Å². The van der Waals surface area contributed by atoms with E-state index >= 15 is 0 Å². The molecule has 0 radical (unpaired) electrons. The van der Waals surface area contributed by atoms with Crippen molar-refractivity contribution in [3.8, 4) is 5.75 Å². The Morgan fingerprint density at radius 3 is 3.17 bits per heavy atom. The second-order valence-corrected chi connectivity index (χ2v) is 5.71. The molecule has 0 spiro atoms. The lowest BCUT2D eigenvalue weighted by Crippen LogP contribution is -2.05. The van der Waals surface area contributed by atoms with E-state index in [1.165, 1.54) is 11.1 Å². The molecule has 0 fully saturated rings. The molecule has 18 heavy (non-hydrogen) atoms. The fourth-order valence-electron chi connectivity index (χ4n) is 2.35. The highest BCUT2D eigenvalue weighted by molar-refractivity contribution is 7.09. The SMILES string of the molecule is Cc1nc(COc2ccc3c(c2)CC[C@@H]3N)cs1. The Balaban J connectivity index is 1.70.